The fraction of sp³-hybridized carbons (Fsp3) is 0.471. The Morgan fingerprint density at radius 3 is 3.17 bits per heavy atom. The average Bonchev–Trinajstić information content (AvgIpc) is 3.24. The molecule has 0 spiro atoms. The molecule has 23 heavy (non-hydrogen) atoms. The summed E-state index contributed by atoms with van der Waals surface area (Å²) < 4.78 is 1.98. The number of hydrogen-bond acceptors (Lipinski definition) is 4. The van der Waals surface area contributed by atoms with Crippen LogP contribution in [0.2, 0.25) is 0 Å². The Morgan fingerprint density at radius 2 is 2.39 bits per heavy atom. The lowest BCUT2D eigenvalue weighted by Crippen LogP contribution is -2.15. The van der Waals surface area contributed by atoms with Crippen LogP contribution in [0.5, 0.6) is 0 Å². The second-order valence-electron chi connectivity index (χ2n) is 5.97. The number of anilines is 1. The number of carbonyl (C=O) groups is 1. The molecule has 1 aliphatic rings. The molecule has 1 atom stereocenters. The first-order chi connectivity index (χ1) is 11.3. The van der Waals surface area contributed by atoms with Gasteiger partial charge in [-0.2, -0.15) is 0 Å². The van der Waals surface area contributed by atoms with Crippen molar-refractivity contribution in [3.8, 4) is 11.4 Å². The first-order valence-corrected chi connectivity index (χ1v) is 8.25. The molecule has 122 valence electrons. The summed E-state index contributed by atoms with van der Waals surface area (Å²) in [6.07, 6.45) is 4.41. The molecular weight excluding hydrogens is 290 g/mol. The van der Waals surface area contributed by atoms with Crippen LogP contribution in [0.15, 0.2) is 30.6 Å². The summed E-state index contributed by atoms with van der Waals surface area (Å²) in [5, 5.41) is 14.4. The molecule has 2 heterocycles. The molecule has 1 unspecified atom stereocenters. The molecule has 2 aromatic rings. The topological polar surface area (TPSA) is 71.8 Å². The van der Waals surface area contributed by atoms with Crippen LogP contribution in [0.4, 0.5) is 5.69 Å². The maximum atomic E-state index is 12.1. The predicted octanol–water partition coefficient (Wildman–Crippen LogP) is 2.29. The van der Waals surface area contributed by atoms with E-state index in [-0.39, 0.29) is 5.91 Å². The lowest BCUT2D eigenvalue weighted by atomic mass is 10.0. The van der Waals surface area contributed by atoms with E-state index in [2.05, 4.69) is 27.8 Å². The monoisotopic (exact) mass is 313 g/mol. The van der Waals surface area contributed by atoms with Gasteiger partial charge in [-0.05, 0) is 50.9 Å². The number of hydrogen-bond donors (Lipinski definition) is 2. The Kier molecular flexibility index (Phi) is 5.02. The molecule has 6 heteroatoms. The number of rotatable bonds is 6. The Balaban J connectivity index is 1.62. The van der Waals surface area contributed by atoms with Crippen LogP contribution in [0.25, 0.3) is 11.4 Å². The number of benzene rings is 1. The van der Waals surface area contributed by atoms with E-state index in [1.165, 1.54) is 6.42 Å². The van der Waals surface area contributed by atoms with E-state index >= 15 is 0 Å². The van der Waals surface area contributed by atoms with E-state index in [1.54, 1.807) is 6.33 Å². The summed E-state index contributed by atoms with van der Waals surface area (Å²) >= 11 is 0. The van der Waals surface area contributed by atoms with Crippen molar-refractivity contribution in [1.82, 2.24) is 20.1 Å². The van der Waals surface area contributed by atoms with Crippen molar-refractivity contribution >= 4 is 11.6 Å². The van der Waals surface area contributed by atoms with E-state index < -0.39 is 0 Å². The zero-order chi connectivity index (χ0) is 16.1. The molecule has 6 nitrogen and oxygen atoms in total. The van der Waals surface area contributed by atoms with Crippen LogP contribution in [0, 0.1) is 5.92 Å². The number of nitrogens with one attached hydrogen (secondary N) is 2. The molecule has 0 bridgehead atoms. The molecule has 1 saturated heterocycles. The zero-order valence-corrected chi connectivity index (χ0v) is 13.5. The van der Waals surface area contributed by atoms with Gasteiger partial charge in [0.05, 0.1) is 0 Å². The second kappa shape index (κ2) is 7.37. The van der Waals surface area contributed by atoms with Gasteiger partial charge in [0.25, 0.3) is 0 Å². The summed E-state index contributed by atoms with van der Waals surface area (Å²) in [5.41, 5.74) is 1.77. The second-order valence-corrected chi connectivity index (χ2v) is 5.97. The van der Waals surface area contributed by atoms with Gasteiger partial charge in [-0.15, -0.1) is 10.2 Å². The third-order valence-corrected chi connectivity index (χ3v) is 4.30. The predicted molar refractivity (Wildman–Crippen MR) is 90.0 cm³/mol. The van der Waals surface area contributed by atoms with Gasteiger partial charge < -0.3 is 15.2 Å². The van der Waals surface area contributed by atoms with Crippen LogP contribution in [-0.4, -0.2) is 33.8 Å². The summed E-state index contributed by atoms with van der Waals surface area (Å²) in [6, 6.07) is 7.77. The van der Waals surface area contributed by atoms with Gasteiger partial charge in [0, 0.05) is 24.2 Å². The molecule has 1 fully saturated rings. The number of amides is 1. The van der Waals surface area contributed by atoms with Crippen molar-refractivity contribution in [3.05, 3.63) is 30.6 Å². The van der Waals surface area contributed by atoms with Gasteiger partial charge in [0.1, 0.15) is 6.33 Å². The molecule has 0 radical (unpaired) electrons. The first kappa shape index (κ1) is 15.7. The van der Waals surface area contributed by atoms with Crippen LogP contribution in [0.1, 0.15) is 26.2 Å². The SMILES string of the molecule is CCn1cnnc1-c1cccc(NC(=O)CCC2CCNC2)c1. The molecule has 1 amide bonds. The summed E-state index contributed by atoms with van der Waals surface area (Å²) in [6.45, 7) is 4.98. The Bertz CT molecular complexity index is 661. The number of aryl methyl sites for hydroxylation is 1. The van der Waals surface area contributed by atoms with E-state index in [1.807, 2.05) is 28.8 Å². The molecule has 0 saturated carbocycles. The third kappa shape index (κ3) is 3.96. The number of carbonyl (C=O) groups excluding carboxylic acids is 1. The van der Waals surface area contributed by atoms with E-state index in [0.717, 1.165) is 43.1 Å². The lowest BCUT2D eigenvalue weighted by molar-refractivity contribution is -0.116. The maximum Gasteiger partial charge on any atom is 0.224 e. The molecule has 0 aliphatic carbocycles. The van der Waals surface area contributed by atoms with Gasteiger partial charge in [0.15, 0.2) is 5.82 Å². The van der Waals surface area contributed by atoms with Gasteiger partial charge in [-0.25, -0.2) is 0 Å². The third-order valence-electron chi connectivity index (χ3n) is 4.30. The molecule has 1 aromatic heterocycles. The van der Waals surface area contributed by atoms with Crippen molar-refractivity contribution in [3.63, 3.8) is 0 Å². The van der Waals surface area contributed by atoms with Crippen LogP contribution >= 0.6 is 0 Å². The van der Waals surface area contributed by atoms with E-state index in [4.69, 9.17) is 0 Å². The van der Waals surface area contributed by atoms with Gasteiger partial charge in [-0.1, -0.05) is 12.1 Å². The fourth-order valence-corrected chi connectivity index (χ4v) is 2.97. The Labute approximate surface area is 136 Å². The minimum Gasteiger partial charge on any atom is -0.326 e. The fourth-order valence-electron chi connectivity index (χ4n) is 2.97. The quantitative estimate of drug-likeness (QED) is 0.858. The van der Waals surface area contributed by atoms with Crippen molar-refractivity contribution < 1.29 is 4.79 Å². The highest BCUT2D eigenvalue weighted by molar-refractivity contribution is 5.91. The van der Waals surface area contributed by atoms with Crippen LogP contribution < -0.4 is 10.6 Å². The van der Waals surface area contributed by atoms with Crippen molar-refractivity contribution in [1.29, 1.82) is 0 Å². The molecule has 1 aliphatic heterocycles. The minimum atomic E-state index is 0.0750. The minimum absolute atomic E-state index is 0.0750. The smallest absolute Gasteiger partial charge is 0.224 e. The van der Waals surface area contributed by atoms with Gasteiger partial charge in [-0.3, -0.25) is 4.79 Å². The largest absolute Gasteiger partial charge is 0.326 e. The standard InChI is InChI=1S/C17H23N5O/c1-2-22-12-19-21-17(22)14-4-3-5-15(10-14)20-16(23)7-6-13-8-9-18-11-13/h3-5,10,12-13,18H,2,6-9,11H2,1H3,(H,20,23). The average molecular weight is 313 g/mol. The van der Waals surface area contributed by atoms with Crippen molar-refractivity contribution in [2.24, 2.45) is 5.92 Å². The number of nitrogens with zero attached hydrogens (tertiary/aromatic N) is 3. The van der Waals surface area contributed by atoms with E-state index in [0.29, 0.717) is 12.3 Å². The zero-order valence-electron chi connectivity index (χ0n) is 13.5. The summed E-state index contributed by atoms with van der Waals surface area (Å²) in [4.78, 5) is 12.1. The van der Waals surface area contributed by atoms with E-state index in [9.17, 15) is 4.79 Å². The van der Waals surface area contributed by atoms with Gasteiger partial charge in [0.2, 0.25) is 5.91 Å². The van der Waals surface area contributed by atoms with Crippen molar-refractivity contribution in [2.45, 2.75) is 32.7 Å². The Morgan fingerprint density at radius 1 is 1.48 bits per heavy atom. The Hall–Kier alpha value is -2.21. The molecule has 1 aromatic carbocycles. The summed E-state index contributed by atoms with van der Waals surface area (Å²) in [7, 11) is 0. The lowest BCUT2D eigenvalue weighted by Gasteiger charge is -2.10. The van der Waals surface area contributed by atoms with Crippen LogP contribution in [-0.2, 0) is 11.3 Å². The highest BCUT2D eigenvalue weighted by atomic mass is 16.1. The highest BCUT2D eigenvalue weighted by Crippen LogP contribution is 2.21. The van der Waals surface area contributed by atoms with Crippen molar-refractivity contribution in [2.75, 3.05) is 18.4 Å². The molecular formula is C17H23N5O. The molecule has 3 rings (SSSR count). The van der Waals surface area contributed by atoms with Crippen LogP contribution in [0.3, 0.4) is 0 Å². The first-order valence-electron chi connectivity index (χ1n) is 8.25. The highest BCUT2D eigenvalue weighted by Gasteiger charge is 2.16. The molecule has 2 N–H and O–H groups in total. The normalized spacial score (nSPS) is 17.3. The van der Waals surface area contributed by atoms with Gasteiger partial charge >= 0.3 is 0 Å². The maximum absolute atomic E-state index is 12.1. The summed E-state index contributed by atoms with van der Waals surface area (Å²) in [5.74, 6) is 1.53. The number of aromatic nitrogens is 3.